The lowest BCUT2D eigenvalue weighted by Gasteiger charge is -2.38. The Balaban J connectivity index is 1.13. The fourth-order valence-corrected chi connectivity index (χ4v) is 6.51. The van der Waals surface area contributed by atoms with Crippen LogP contribution in [-0.2, 0) is 12.0 Å². The van der Waals surface area contributed by atoms with Crippen LogP contribution in [0.4, 0.5) is 5.82 Å². The van der Waals surface area contributed by atoms with Gasteiger partial charge in [0.05, 0.1) is 16.7 Å². The molecular weight excluding hydrogens is 587 g/mol. The van der Waals surface area contributed by atoms with E-state index >= 15 is 0 Å². The average molecular weight is 620 g/mol. The average Bonchev–Trinajstić information content (AvgIpc) is 3.78. The van der Waals surface area contributed by atoms with Crippen LogP contribution >= 0.6 is 23.2 Å². The van der Waals surface area contributed by atoms with Crippen LogP contribution in [0.2, 0.25) is 10.0 Å². The van der Waals surface area contributed by atoms with Crippen molar-refractivity contribution in [3.63, 3.8) is 0 Å². The number of nitrogens with zero attached hydrogens (tertiary/aromatic N) is 4. The number of aliphatic hydroxyl groups excluding tert-OH is 1. The third kappa shape index (κ3) is 5.86. The maximum absolute atomic E-state index is 12.3. The molecule has 10 heteroatoms. The zero-order valence-corrected chi connectivity index (χ0v) is 25.4. The summed E-state index contributed by atoms with van der Waals surface area (Å²) in [5, 5.41) is 18.7. The number of hydrogen-bond donors (Lipinski definition) is 1. The maximum Gasteiger partial charge on any atom is 0.143 e. The minimum absolute atomic E-state index is 0.0157. The Morgan fingerprint density at radius 1 is 1.16 bits per heavy atom. The molecule has 0 atom stereocenters. The second kappa shape index (κ2) is 12.0. The number of aromatic nitrogens is 2. The highest BCUT2D eigenvalue weighted by Gasteiger charge is 2.39. The van der Waals surface area contributed by atoms with Gasteiger partial charge in [0, 0.05) is 48.3 Å². The lowest BCUT2D eigenvalue weighted by Crippen LogP contribution is -2.42. The number of hydrogen-bond acceptors (Lipinski definition) is 8. The second-order valence-electron chi connectivity index (χ2n) is 11.3. The van der Waals surface area contributed by atoms with Crippen LogP contribution in [-0.4, -0.2) is 34.9 Å². The molecule has 2 fully saturated rings. The number of aryl methyl sites for hydroxylation is 1. The van der Waals surface area contributed by atoms with E-state index < -0.39 is 5.54 Å². The summed E-state index contributed by atoms with van der Waals surface area (Å²) >= 11 is 13.0. The van der Waals surface area contributed by atoms with Gasteiger partial charge in [0.15, 0.2) is 0 Å². The van der Waals surface area contributed by atoms with Crippen molar-refractivity contribution in [2.75, 3.05) is 24.6 Å². The van der Waals surface area contributed by atoms with E-state index in [-0.39, 0.29) is 5.76 Å². The zero-order valence-electron chi connectivity index (χ0n) is 23.9. The van der Waals surface area contributed by atoms with Crippen LogP contribution in [0.5, 0.6) is 5.75 Å². The van der Waals surface area contributed by atoms with E-state index in [1.165, 1.54) is 0 Å². The van der Waals surface area contributed by atoms with Gasteiger partial charge in [0.25, 0.3) is 0 Å². The summed E-state index contributed by atoms with van der Waals surface area (Å²) < 4.78 is 12.0. The molecular formula is C33H32Cl2N4O4. The molecule has 2 aromatic carbocycles. The first kappa shape index (κ1) is 29.2. The van der Waals surface area contributed by atoms with Crippen molar-refractivity contribution < 1.29 is 14.4 Å². The first-order valence-corrected chi connectivity index (χ1v) is 15.2. The molecule has 2 aromatic heterocycles. The number of benzene rings is 2. The number of pyridine rings is 1. The Hall–Kier alpha value is -3.88. The van der Waals surface area contributed by atoms with Gasteiger partial charge < -0.3 is 19.3 Å². The molecule has 0 unspecified atom stereocenters. The van der Waals surface area contributed by atoms with Gasteiger partial charge in [-0.2, -0.15) is 0 Å². The van der Waals surface area contributed by atoms with Gasteiger partial charge in [-0.05, 0) is 80.1 Å². The summed E-state index contributed by atoms with van der Waals surface area (Å²) in [4.78, 5) is 18.9. The summed E-state index contributed by atoms with van der Waals surface area (Å²) in [6.45, 7) is 7.21. The SMILES string of the molecule is C=C(O)c1ccc(N2CCC(N=O)(c3ccc(OCCc4c(-c5c(Cl)cccc5Cl)noc4C4CC4)cc3C)CC2)nc1. The van der Waals surface area contributed by atoms with E-state index in [1.54, 1.807) is 24.4 Å². The lowest BCUT2D eigenvalue weighted by atomic mass is 9.79. The van der Waals surface area contributed by atoms with Gasteiger partial charge in [-0.3, -0.25) is 0 Å². The molecule has 1 aliphatic carbocycles. The quantitative estimate of drug-likeness (QED) is 0.140. The summed E-state index contributed by atoms with van der Waals surface area (Å²) in [7, 11) is 0. The van der Waals surface area contributed by atoms with Crippen LogP contribution in [0.25, 0.3) is 17.0 Å². The van der Waals surface area contributed by atoms with Gasteiger partial charge in [-0.1, -0.05) is 52.2 Å². The van der Waals surface area contributed by atoms with Gasteiger partial charge in [-0.25, -0.2) is 4.98 Å². The molecule has 8 nitrogen and oxygen atoms in total. The molecule has 0 spiro atoms. The number of anilines is 1. The minimum Gasteiger partial charge on any atom is -0.508 e. The Morgan fingerprint density at radius 3 is 2.51 bits per heavy atom. The van der Waals surface area contributed by atoms with Gasteiger partial charge in [0.2, 0.25) is 0 Å². The molecule has 1 N–H and O–H groups in total. The molecule has 1 aliphatic heterocycles. The monoisotopic (exact) mass is 618 g/mol. The van der Waals surface area contributed by atoms with E-state index in [2.05, 4.69) is 26.8 Å². The number of piperidine rings is 1. The molecule has 3 heterocycles. The molecule has 2 aliphatic rings. The highest BCUT2D eigenvalue weighted by molar-refractivity contribution is 6.39. The van der Waals surface area contributed by atoms with Crippen molar-refractivity contribution in [3.8, 4) is 17.0 Å². The highest BCUT2D eigenvalue weighted by atomic mass is 35.5. The molecule has 1 saturated carbocycles. The lowest BCUT2D eigenvalue weighted by molar-refractivity contribution is 0.317. The number of rotatable bonds is 10. The summed E-state index contributed by atoms with van der Waals surface area (Å²) in [6, 6.07) is 14.9. The predicted octanol–water partition coefficient (Wildman–Crippen LogP) is 8.64. The van der Waals surface area contributed by atoms with Crippen molar-refractivity contribution >= 4 is 34.8 Å². The number of aliphatic hydroxyl groups is 1. The Labute approximate surface area is 260 Å². The molecule has 0 bridgehead atoms. The van der Waals surface area contributed by atoms with Crippen LogP contribution in [0.15, 0.2) is 71.0 Å². The van der Waals surface area contributed by atoms with Gasteiger partial charge >= 0.3 is 0 Å². The van der Waals surface area contributed by atoms with Gasteiger partial charge in [-0.15, -0.1) is 4.91 Å². The number of halogens is 2. The number of nitroso groups, excluding NO2 is 1. The van der Waals surface area contributed by atoms with Crippen molar-refractivity contribution in [3.05, 3.63) is 104 Å². The molecule has 0 amide bonds. The number of ether oxygens (including phenoxy) is 1. The second-order valence-corrected chi connectivity index (χ2v) is 12.1. The minimum atomic E-state index is -0.816. The molecule has 0 radical (unpaired) electrons. The van der Waals surface area contributed by atoms with Crippen LogP contribution in [0.3, 0.4) is 0 Å². The molecule has 1 saturated heterocycles. The summed E-state index contributed by atoms with van der Waals surface area (Å²) in [6.07, 6.45) is 5.47. The molecule has 4 aromatic rings. The van der Waals surface area contributed by atoms with Crippen molar-refractivity contribution in [2.24, 2.45) is 5.18 Å². The first-order valence-electron chi connectivity index (χ1n) is 14.4. The Kier molecular flexibility index (Phi) is 8.16. The third-order valence-electron chi connectivity index (χ3n) is 8.46. The molecule has 222 valence electrons. The van der Waals surface area contributed by atoms with Crippen LogP contribution in [0, 0.1) is 11.8 Å². The molecule has 43 heavy (non-hydrogen) atoms. The van der Waals surface area contributed by atoms with E-state index in [1.807, 2.05) is 37.3 Å². The van der Waals surface area contributed by atoms with Crippen molar-refractivity contribution in [2.45, 2.75) is 50.5 Å². The first-order chi connectivity index (χ1) is 20.8. The van der Waals surface area contributed by atoms with Crippen molar-refractivity contribution in [1.82, 2.24) is 10.1 Å². The predicted molar refractivity (Wildman–Crippen MR) is 169 cm³/mol. The van der Waals surface area contributed by atoms with Gasteiger partial charge in [0.1, 0.15) is 34.3 Å². The smallest absolute Gasteiger partial charge is 0.143 e. The third-order valence-corrected chi connectivity index (χ3v) is 9.09. The fraction of sp³-hybridized carbons (Fsp3) is 0.333. The Bertz CT molecular complexity index is 1640. The Morgan fingerprint density at radius 2 is 1.91 bits per heavy atom. The standard InChI is InChI=1S/C33H32Cl2N4O4/c1-20-18-24(42-17-12-25-31(37-43-32(25)22-6-7-22)30-27(34)4-3-5-28(30)35)9-10-26(20)33(38-41)13-15-39(16-14-33)29-11-8-23(19-36-29)21(2)40/h3-5,8-11,18-19,22,40H,2,6-7,12-17H2,1H3. The largest absolute Gasteiger partial charge is 0.508 e. The molecule has 6 rings (SSSR count). The van der Waals surface area contributed by atoms with E-state index in [4.69, 9.17) is 32.5 Å². The normalized spacial score (nSPS) is 16.2. The van der Waals surface area contributed by atoms with E-state index in [0.717, 1.165) is 46.9 Å². The van der Waals surface area contributed by atoms with Crippen LogP contribution < -0.4 is 9.64 Å². The van der Waals surface area contributed by atoms with E-state index in [9.17, 15) is 10.0 Å². The summed E-state index contributed by atoms with van der Waals surface area (Å²) in [5.41, 5.74) is 3.97. The van der Waals surface area contributed by atoms with E-state index in [0.29, 0.717) is 71.7 Å². The topological polar surface area (TPSA) is 101 Å². The fourth-order valence-electron chi connectivity index (χ4n) is 5.93. The zero-order chi connectivity index (χ0) is 30.1. The highest BCUT2D eigenvalue weighted by Crippen LogP contribution is 2.46. The van der Waals surface area contributed by atoms with Crippen LogP contribution in [0.1, 0.15) is 59.6 Å². The van der Waals surface area contributed by atoms with Crippen molar-refractivity contribution in [1.29, 1.82) is 0 Å². The summed E-state index contributed by atoms with van der Waals surface area (Å²) in [5.74, 6) is 2.75. The maximum atomic E-state index is 12.3.